The fraction of sp³-hybridized carbons (Fsp3) is 0.333. The highest BCUT2D eigenvalue weighted by Gasteiger charge is 2.44. The maximum absolute atomic E-state index is 13.0. The van der Waals surface area contributed by atoms with Gasteiger partial charge >= 0.3 is 0 Å². The number of benzene rings is 1. The minimum Gasteiger partial charge on any atom is -0.505 e. The molecule has 2 rings (SSSR count). The van der Waals surface area contributed by atoms with Gasteiger partial charge in [0, 0.05) is 16.1 Å². The summed E-state index contributed by atoms with van der Waals surface area (Å²) in [6, 6.07) is 2.55. The maximum Gasteiger partial charge on any atom is 0.165 e. The number of phenols is 1. The zero-order chi connectivity index (χ0) is 9.64. The molecule has 0 aliphatic heterocycles. The van der Waals surface area contributed by atoms with Crippen LogP contribution in [0, 0.1) is 5.82 Å². The summed E-state index contributed by atoms with van der Waals surface area (Å²) < 4.78 is 13.0. The van der Waals surface area contributed by atoms with Crippen molar-refractivity contribution in [3.05, 3.63) is 28.5 Å². The molecule has 0 amide bonds. The van der Waals surface area contributed by atoms with Crippen molar-refractivity contribution >= 4 is 11.6 Å². The lowest BCUT2D eigenvalue weighted by atomic mass is 10.0. The van der Waals surface area contributed by atoms with Crippen molar-refractivity contribution in [1.29, 1.82) is 0 Å². The Bertz CT molecular complexity index is 363. The minimum atomic E-state index is -0.670. The molecule has 70 valence electrons. The molecule has 0 radical (unpaired) electrons. The predicted octanol–water partition coefficient (Wildman–Crippen LogP) is 2.13. The smallest absolute Gasteiger partial charge is 0.165 e. The molecule has 0 aromatic heterocycles. The maximum atomic E-state index is 13.0. The Morgan fingerprint density at radius 3 is 2.62 bits per heavy atom. The van der Waals surface area contributed by atoms with Crippen LogP contribution < -0.4 is 5.73 Å². The van der Waals surface area contributed by atoms with Crippen molar-refractivity contribution in [2.75, 3.05) is 0 Å². The number of rotatable bonds is 1. The molecular weight excluding hydrogens is 193 g/mol. The van der Waals surface area contributed by atoms with Crippen molar-refractivity contribution < 1.29 is 9.50 Å². The van der Waals surface area contributed by atoms with Gasteiger partial charge in [-0.2, -0.15) is 0 Å². The summed E-state index contributed by atoms with van der Waals surface area (Å²) in [7, 11) is 0. The molecule has 13 heavy (non-hydrogen) atoms. The molecule has 0 unspecified atom stereocenters. The van der Waals surface area contributed by atoms with E-state index >= 15 is 0 Å². The number of phenolic OH excluding ortho intramolecular Hbond substituents is 1. The van der Waals surface area contributed by atoms with E-state index in [0.717, 1.165) is 18.9 Å². The Balaban J connectivity index is 2.61. The molecule has 1 aliphatic rings. The molecule has 1 aromatic carbocycles. The molecule has 0 spiro atoms. The molecule has 1 aliphatic carbocycles. The van der Waals surface area contributed by atoms with Gasteiger partial charge in [-0.05, 0) is 25.0 Å². The number of halogens is 2. The standard InChI is InChI=1S/C9H9ClFNO/c10-5-1-2-6(11)8(13)7(5)9(12)3-4-9/h1-2,13H,3-4,12H2. The first kappa shape index (κ1) is 8.78. The molecule has 3 N–H and O–H groups in total. The Morgan fingerprint density at radius 1 is 1.46 bits per heavy atom. The van der Waals surface area contributed by atoms with Gasteiger partial charge in [0.1, 0.15) is 0 Å². The molecule has 4 heteroatoms. The van der Waals surface area contributed by atoms with Gasteiger partial charge in [-0.3, -0.25) is 0 Å². The van der Waals surface area contributed by atoms with Crippen molar-refractivity contribution in [3.63, 3.8) is 0 Å². The first-order valence-electron chi connectivity index (χ1n) is 4.01. The lowest BCUT2D eigenvalue weighted by Gasteiger charge is -2.13. The molecule has 0 bridgehead atoms. The predicted molar refractivity (Wildman–Crippen MR) is 48.2 cm³/mol. The van der Waals surface area contributed by atoms with Crippen molar-refractivity contribution in [3.8, 4) is 5.75 Å². The molecular formula is C9H9ClFNO. The molecule has 0 heterocycles. The zero-order valence-electron chi connectivity index (χ0n) is 6.85. The van der Waals surface area contributed by atoms with Crippen LogP contribution in [0.2, 0.25) is 5.02 Å². The summed E-state index contributed by atoms with van der Waals surface area (Å²) in [5.74, 6) is -1.08. The van der Waals surface area contributed by atoms with E-state index in [1.807, 2.05) is 0 Å². The zero-order valence-corrected chi connectivity index (χ0v) is 7.61. The summed E-state index contributed by atoms with van der Waals surface area (Å²) in [5.41, 5.74) is 5.56. The van der Waals surface area contributed by atoms with E-state index in [1.54, 1.807) is 0 Å². The average Bonchev–Trinajstić information content (AvgIpc) is 2.78. The second kappa shape index (κ2) is 2.59. The summed E-state index contributed by atoms with van der Waals surface area (Å²) in [4.78, 5) is 0. The molecule has 1 saturated carbocycles. The van der Waals surface area contributed by atoms with E-state index in [2.05, 4.69) is 0 Å². The van der Waals surface area contributed by atoms with Crippen LogP contribution in [0.15, 0.2) is 12.1 Å². The van der Waals surface area contributed by atoms with Gasteiger partial charge in [-0.15, -0.1) is 0 Å². The first-order chi connectivity index (χ1) is 6.04. The minimum absolute atomic E-state index is 0.332. The van der Waals surface area contributed by atoms with Crippen molar-refractivity contribution in [2.45, 2.75) is 18.4 Å². The van der Waals surface area contributed by atoms with Gasteiger partial charge in [0.2, 0.25) is 0 Å². The second-order valence-electron chi connectivity index (χ2n) is 3.41. The van der Waals surface area contributed by atoms with Crippen LogP contribution in [-0.2, 0) is 5.54 Å². The van der Waals surface area contributed by atoms with Gasteiger partial charge in [-0.1, -0.05) is 11.6 Å². The Labute approximate surface area is 80.1 Å². The highest BCUT2D eigenvalue weighted by Crippen LogP contribution is 2.49. The third kappa shape index (κ3) is 1.28. The van der Waals surface area contributed by atoms with E-state index in [-0.39, 0.29) is 0 Å². The van der Waals surface area contributed by atoms with Crippen LogP contribution in [0.3, 0.4) is 0 Å². The molecule has 0 saturated heterocycles. The summed E-state index contributed by atoms with van der Waals surface area (Å²) in [6.07, 6.45) is 1.48. The second-order valence-corrected chi connectivity index (χ2v) is 3.82. The van der Waals surface area contributed by atoms with Crippen LogP contribution in [0.5, 0.6) is 5.75 Å². The topological polar surface area (TPSA) is 46.2 Å². The Morgan fingerprint density at radius 2 is 2.08 bits per heavy atom. The van der Waals surface area contributed by atoms with E-state index < -0.39 is 17.1 Å². The fourth-order valence-corrected chi connectivity index (χ4v) is 1.74. The van der Waals surface area contributed by atoms with E-state index in [1.165, 1.54) is 6.07 Å². The van der Waals surface area contributed by atoms with Gasteiger partial charge in [0.15, 0.2) is 11.6 Å². The number of aromatic hydroxyl groups is 1. The largest absolute Gasteiger partial charge is 0.505 e. The third-order valence-corrected chi connectivity index (χ3v) is 2.68. The van der Waals surface area contributed by atoms with Crippen LogP contribution in [0.1, 0.15) is 18.4 Å². The Kier molecular flexibility index (Phi) is 1.75. The lowest BCUT2D eigenvalue weighted by Crippen LogP contribution is -2.19. The molecule has 1 fully saturated rings. The van der Waals surface area contributed by atoms with E-state index in [0.29, 0.717) is 10.6 Å². The van der Waals surface area contributed by atoms with Crippen molar-refractivity contribution in [2.24, 2.45) is 5.73 Å². The molecule has 0 atom stereocenters. The van der Waals surface area contributed by atoms with Crippen LogP contribution in [-0.4, -0.2) is 5.11 Å². The Hall–Kier alpha value is -0.800. The monoisotopic (exact) mass is 201 g/mol. The van der Waals surface area contributed by atoms with Gasteiger partial charge < -0.3 is 10.8 Å². The SMILES string of the molecule is NC1(c2c(Cl)ccc(F)c2O)CC1. The van der Waals surface area contributed by atoms with Gasteiger partial charge in [0.05, 0.1) is 0 Å². The van der Waals surface area contributed by atoms with Gasteiger partial charge in [0.25, 0.3) is 0 Å². The number of hydrogen-bond donors (Lipinski definition) is 2. The van der Waals surface area contributed by atoms with Crippen LogP contribution >= 0.6 is 11.6 Å². The van der Waals surface area contributed by atoms with E-state index in [9.17, 15) is 9.50 Å². The number of nitrogens with two attached hydrogens (primary N) is 1. The van der Waals surface area contributed by atoms with E-state index in [4.69, 9.17) is 17.3 Å². The summed E-state index contributed by atoms with van der Waals surface area (Å²) in [6.45, 7) is 0. The highest BCUT2D eigenvalue weighted by atomic mass is 35.5. The van der Waals surface area contributed by atoms with Crippen molar-refractivity contribution in [1.82, 2.24) is 0 Å². The summed E-state index contributed by atoms with van der Waals surface area (Å²) in [5, 5.41) is 9.75. The van der Waals surface area contributed by atoms with Gasteiger partial charge in [-0.25, -0.2) is 4.39 Å². The lowest BCUT2D eigenvalue weighted by molar-refractivity contribution is 0.419. The first-order valence-corrected chi connectivity index (χ1v) is 4.39. The molecule has 2 nitrogen and oxygen atoms in total. The summed E-state index contributed by atoms with van der Waals surface area (Å²) >= 11 is 5.82. The average molecular weight is 202 g/mol. The molecule has 1 aromatic rings. The van der Waals surface area contributed by atoms with Crippen LogP contribution in [0.25, 0.3) is 0 Å². The van der Waals surface area contributed by atoms with Crippen LogP contribution in [0.4, 0.5) is 4.39 Å². The number of hydrogen-bond acceptors (Lipinski definition) is 2. The fourth-order valence-electron chi connectivity index (χ4n) is 1.40. The quantitative estimate of drug-likeness (QED) is 0.731. The normalized spacial score (nSPS) is 18.7. The highest BCUT2D eigenvalue weighted by molar-refractivity contribution is 6.31. The third-order valence-electron chi connectivity index (χ3n) is 2.36.